The molecule has 0 saturated carbocycles. The molecule has 2 rings (SSSR count). The van der Waals surface area contributed by atoms with Gasteiger partial charge in [-0.1, -0.05) is 39.3 Å². The van der Waals surface area contributed by atoms with Crippen LogP contribution in [0.2, 0.25) is 5.02 Å². The summed E-state index contributed by atoms with van der Waals surface area (Å²) in [6.07, 6.45) is 1.48. The Bertz CT molecular complexity index is 655. The van der Waals surface area contributed by atoms with Crippen molar-refractivity contribution in [3.8, 4) is 0 Å². The van der Waals surface area contributed by atoms with Crippen LogP contribution in [0.5, 0.6) is 0 Å². The van der Waals surface area contributed by atoms with Gasteiger partial charge in [-0.3, -0.25) is 4.79 Å². The predicted molar refractivity (Wildman–Crippen MR) is 84.9 cm³/mol. The monoisotopic (exact) mass is 370 g/mol. The number of rotatable bonds is 4. The van der Waals surface area contributed by atoms with E-state index in [2.05, 4.69) is 15.9 Å². The molecule has 0 heterocycles. The summed E-state index contributed by atoms with van der Waals surface area (Å²) in [6, 6.07) is 11.6. The lowest BCUT2D eigenvalue weighted by molar-refractivity contribution is 0.104. The van der Waals surface area contributed by atoms with Crippen molar-refractivity contribution in [1.29, 1.82) is 0 Å². The molecule has 0 bridgehead atoms. The number of halogens is 3. The summed E-state index contributed by atoms with van der Waals surface area (Å²) in [5.74, 6) is -0.538. The van der Waals surface area contributed by atoms with Crippen molar-refractivity contribution in [2.45, 2.75) is 4.90 Å². The summed E-state index contributed by atoms with van der Waals surface area (Å²) in [5, 5.41) is 1.73. The fourth-order valence-corrected chi connectivity index (χ4v) is 2.63. The van der Waals surface area contributed by atoms with Crippen molar-refractivity contribution in [2.24, 2.45) is 0 Å². The number of benzene rings is 2. The van der Waals surface area contributed by atoms with Crippen LogP contribution < -0.4 is 0 Å². The number of ketones is 1. The number of hydrogen-bond donors (Lipinski definition) is 0. The van der Waals surface area contributed by atoms with Crippen molar-refractivity contribution in [2.75, 3.05) is 0 Å². The average Bonchev–Trinajstić information content (AvgIpc) is 2.43. The van der Waals surface area contributed by atoms with Gasteiger partial charge in [0.1, 0.15) is 5.82 Å². The molecule has 0 amide bonds. The van der Waals surface area contributed by atoms with Crippen LogP contribution in [0.25, 0.3) is 0 Å². The molecule has 0 atom stereocenters. The Hall–Kier alpha value is -1.10. The zero-order chi connectivity index (χ0) is 14.5. The first-order chi connectivity index (χ1) is 9.56. The highest BCUT2D eigenvalue weighted by Crippen LogP contribution is 2.25. The van der Waals surface area contributed by atoms with E-state index in [0.29, 0.717) is 5.56 Å². The molecule has 102 valence electrons. The molecule has 0 aromatic heterocycles. The Morgan fingerprint density at radius 3 is 2.55 bits per heavy atom. The van der Waals surface area contributed by atoms with E-state index in [9.17, 15) is 9.18 Å². The van der Waals surface area contributed by atoms with Gasteiger partial charge in [0.25, 0.3) is 0 Å². The standard InChI is InChI=1S/C15H9BrClFOS/c16-11-3-1-10(2-4-11)15(19)7-8-20-12-5-6-14(18)13(17)9-12/h1-9H. The van der Waals surface area contributed by atoms with Crippen LogP contribution in [0, 0.1) is 5.82 Å². The lowest BCUT2D eigenvalue weighted by atomic mass is 10.1. The number of carbonyl (C=O) groups is 1. The first kappa shape index (κ1) is 15.3. The molecule has 0 spiro atoms. The molecule has 0 radical (unpaired) electrons. The highest BCUT2D eigenvalue weighted by atomic mass is 79.9. The lowest BCUT2D eigenvalue weighted by Gasteiger charge is -1.98. The van der Waals surface area contributed by atoms with Crippen molar-refractivity contribution in [1.82, 2.24) is 0 Å². The van der Waals surface area contributed by atoms with E-state index in [-0.39, 0.29) is 10.8 Å². The molecule has 0 unspecified atom stereocenters. The molecule has 0 N–H and O–H groups in total. The van der Waals surface area contributed by atoms with Gasteiger partial charge in [-0.05, 0) is 53.9 Å². The second-order valence-corrected chi connectivity index (χ2v) is 6.17. The van der Waals surface area contributed by atoms with Gasteiger partial charge in [0, 0.05) is 14.9 Å². The van der Waals surface area contributed by atoms with Crippen molar-refractivity contribution < 1.29 is 9.18 Å². The Balaban J connectivity index is 2.00. The van der Waals surface area contributed by atoms with Crippen LogP contribution in [-0.4, -0.2) is 5.78 Å². The summed E-state index contributed by atoms with van der Waals surface area (Å²) in [6.45, 7) is 0. The summed E-state index contributed by atoms with van der Waals surface area (Å²) in [4.78, 5) is 12.6. The molecule has 0 aliphatic heterocycles. The topological polar surface area (TPSA) is 17.1 Å². The second-order valence-electron chi connectivity index (χ2n) is 3.87. The first-order valence-corrected chi connectivity index (χ1v) is 7.69. The molecule has 0 fully saturated rings. The summed E-state index contributed by atoms with van der Waals surface area (Å²) < 4.78 is 13.9. The highest BCUT2D eigenvalue weighted by molar-refractivity contribution is 9.10. The van der Waals surface area contributed by atoms with Gasteiger partial charge >= 0.3 is 0 Å². The third-order valence-electron chi connectivity index (χ3n) is 2.44. The largest absolute Gasteiger partial charge is 0.289 e. The van der Waals surface area contributed by atoms with Crippen LogP contribution in [0.3, 0.4) is 0 Å². The number of carbonyl (C=O) groups excluding carboxylic acids is 1. The Morgan fingerprint density at radius 2 is 1.90 bits per heavy atom. The second kappa shape index (κ2) is 7.07. The normalized spacial score (nSPS) is 10.9. The molecular weight excluding hydrogens is 363 g/mol. The quantitative estimate of drug-likeness (QED) is 0.388. The van der Waals surface area contributed by atoms with E-state index in [1.165, 1.54) is 30.0 Å². The van der Waals surface area contributed by atoms with E-state index in [1.54, 1.807) is 23.6 Å². The minimum absolute atomic E-state index is 0.0719. The third-order valence-corrected chi connectivity index (χ3v) is 4.06. The van der Waals surface area contributed by atoms with E-state index in [0.717, 1.165) is 9.37 Å². The zero-order valence-corrected chi connectivity index (χ0v) is 13.3. The maximum Gasteiger partial charge on any atom is 0.186 e. The number of allylic oxidation sites excluding steroid dienone is 1. The van der Waals surface area contributed by atoms with Gasteiger partial charge < -0.3 is 0 Å². The smallest absolute Gasteiger partial charge is 0.186 e. The fourth-order valence-electron chi connectivity index (χ4n) is 1.43. The minimum Gasteiger partial charge on any atom is -0.289 e. The molecule has 0 aliphatic rings. The number of hydrogen-bond acceptors (Lipinski definition) is 2. The molecule has 5 heteroatoms. The average molecular weight is 372 g/mol. The zero-order valence-electron chi connectivity index (χ0n) is 10.1. The van der Waals surface area contributed by atoms with E-state index < -0.39 is 5.82 Å². The van der Waals surface area contributed by atoms with Crippen LogP contribution in [-0.2, 0) is 0 Å². The van der Waals surface area contributed by atoms with Crippen molar-refractivity contribution in [3.63, 3.8) is 0 Å². The van der Waals surface area contributed by atoms with Crippen LogP contribution in [0.1, 0.15) is 10.4 Å². The third kappa shape index (κ3) is 4.20. The van der Waals surface area contributed by atoms with Gasteiger partial charge in [0.05, 0.1) is 5.02 Å². The maximum absolute atomic E-state index is 13.0. The van der Waals surface area contributed by atoms with E-state index in [1.807, 2.05) is 12.1 Å². The van der Waals surface area contributed by atoms with Crippen LogP contribution in [0.15, 0.2) is 63.3 Å². The van der Waals surface area contributed by atoms with Crippen molar-refractivity contribution in [3.05, 3.63) is 74.8 Å². The molecule has 0 aliphatic carbocycles. The van der Waals surface area contributed by atoms with Crippen LogP contribution in [0.4, 0.5) is 4.39 Å². The molecular formula is C15H9BrClFOS. The van der Waals surface area contributed by atoms with E-state index >= 15 is 0 Å². The van der Waals surface area contributed by atoms with Crippen LogP contribution >= 0.6 is 39.3 Å². The highest BCUT2D eigenvalue weighted by Gasteiger charge is 2.02. The summed E-state index contributed by atoms with van der Waals surface area (Å²) in [5.41, 5.74) is 0.613. The van der Waals surface area contributed by atoms with E-state index in [4.69, 9.17) is 11.6 Å². The van der Waals surface area contributed by atoms with Gasteiger partial charge in [-0.2, -0.15) is 0 Å². The van der Waals surface area contributed by atoms with Gasteiger partial charge in [0.15, 0.2) is 5.78 Å². The Kier molecular flexibility index (Phi) is 5.40. The SMILES string of the molecule is O=C(C=CSc1ccc(F)c(Cl)c1)c1ccc(Br)cc1. The molecule has 20 heavy (non-hydrogen) atoms. The minimum atomic E-state index is -0.453. The Morgan fingerprint density at radius 1 is 1.20 bits per heavy atom. The maximum atomic E-state index is 13.0. The first-order valence-electron chi connectivity index (χ1n) is 5.64. The van der Waals surface area contributed by atoms with Gasteiger partial charge in [0.2, 0.25) is 0 Å². The van der Waals surface area contributed by atoms with Crippen molar-refractivity contribution >= 4 is 45.1 Å². The predicted octanol–water partition coefficient (Wildman–Crippen LogP) is 5.73. The summed E-state index contributed by atoms with van der Waals surface area (Å²) >= 11 is 10.3. The summed E-state index contributed by atoms with van der Waals surface area (Å²) in [7, 11) is 0. The lowest BCUT2D eigenvalue weighted by Crippen LogP contribution is -1.92. The molecule has 1 nitrogen and oxygen atoms in total. The Labute approximate surface area is 134 Å². The number of thioether (sulfide) groups is 1. The van der Waals surface area contributed by atoms with Gasteiger partial charge in [-0.15, -0.1) is 0 Å². The fraction of sp³-hybridized carbons (Fsp3) is 0. The van der Waals surface area contributed by atoms with Gasteiger partial charge in [-0.25, -0.2) is 4.39 Å². The molecule has 2 aromatic carbocycles. The molecule has 2 aromatic rings. The molecule has 0 saturated heterocycles.